The normalized spacial score (nSPS) is 19.0. The van der Waals surface area contributed by atoms with Crippen LogP contribution in [0, 0.1) is 0 Å². The van der Waals surface area contributed by atoms with Crippen LogP contribution in [0.1, 0.15) is 46.9 Å². The van der Waals surface area contributed by atoms with E-state index in [9.17, 15) is 4.79 Å². The van der Waals surface area contributed by atoms with Gasteiger partial charge in [-0.1, -0.05) is 18.1 Å². The van der Waals surface area contributed by atoms with Gasteiger partial charge in [0.05, 0.1) is 16.6 Å². The molecule has 19 heavy (non-hydrogen) atoms. The molecule has 0 unspecified atom stereocenters. The summed E-state index contributed by atoms with van der Waals surface area (Å²) in [6, 6.07) is 5.81. The molecule has 0 bridgehead atoms. The van der Waals surface area contributed by atoms with Gasteiger partial charge in [-0.15, -0.1) is 11.3 Å². The van der Waals surface area contributed by atoms with Gasteiger partial charge in [0.15, 0.2) is 5.76 Å². The van der Waals surface area contributed by atoms with Gasteiger partial charge in [0.2, 0.25) is 0 Å². The Hall–Kier alpha value is -1.62. The summed E-state index contributed by atoms with van der Waals surface area (Å²) in [6.07, 6.45) is 2.83. The number of nitrogens with zero attached hydrogens (tertiary/aromatic N) is 2. The van der Waals surface area contributed by atoms with E-state index >= 15 is 0 Å². The first kappa shape index (κ1) is 12.4. The van der Waals surface area contributed by atoms with Gasteiger partial charge in [-0.25, -0.2) is 0 Å². The molecule has 1 saturated heterocycles. The van der Waals surface area contributed by atoms with Crippen molar-refractivity contribution >= 4 is 17.2 Å². The molecule has 0 aromatic carbocycles. The molecule has 0 radical (unpaired) electrons. The van der Waals surface area contributed by atoms with E-state index in [-0.39, 0.29) is 11.9 Å². The number of likely N-dealkylation sites (tertiary alicyclic amines) is 1. The number of carbonyl (C=O) groups is 1. The highest BCUT2D eigenvalue weighted by Crippen LogP contribution is 2.34. The Balaban J connectivity index is 1.83. The topological polar surface area (TPSA) is 46.3 Å². The smallest absolute Gasteiger partial charge is 0.264 e. The lowest BCUT2D eigenvalue weighted by Gasteiger charge is -2.21. The van der Waals surface area contributed by atoms with Gasteiger partial charge in [-0.05, 0) is 30.7 Å². The number of aryl methyl sites for hydroxylation is 1. The zero-order chi connectivity index (χ0) is 13.2. The number of aromatic nitrogens is 1. The molecule has 100 valence electrons. The van der Waals surface area contributed by atoms with Gasteiger partial charge in [0.1, 0.15) is 0 Å². The van der Waals surface area contributed by atoms with Crippen molar-refractivity contribution in [2.45, 2.75) is 32.2 Å². The van der Waals surface area contributed by atoms with E-state index < -0.39 is 0 Å². The Labute approximate surface area is 116 Å². The summed E-state index contributed by atoms with van der Waals surface area (Å²) in [5, 5.41) is 5.96. The van der Waals surface area contributed by atoms with Crippen molar-refractivity contribution in [3.8, 4) is 0 Å². The highest BCUT2D eigenvalue weighted by molar-refractivity contribution is 7.12. The molecule has 0 aliphatic carbocycles. The van der Waals surface area contributed by atoms with Crippen LogP contribution in [0.2, 0.25) is 0 Å². The van der Waals surface area contributed by atoms with E-state index in [1.807, 2.05) is 35.4 Å². The second kappa shape index (κ2) is 5.17. The number of hydrogen-bond donors (Lipinski definition) is 0. The van der Waals surface area contributed by atoms with Crippen LogP contribution in [-0.4, -0.2) is 22.5 Å². The largest absolute Gasteiger partial charge is 0.359 e. The van der Waals surface area contributed by atoms with Crippen LogP contribution < -0.4 is 0 Å². The molecule has 0 saturated carbocycles. The summed E-state index contributed by atoms with van der Waals surface area (Å²) in [7, 11) is 0. The van der Waals surface area contributed by atoms with Gasteiger partial charge >= 0.3 is 0 Å². The third-order valence-corrected chi connectivity index (χ3v) is 4.37. The molecule has 2 aromatic rings. The molecule has 0 N–H and O–H groups in total. The fraction of sp³-hybridized carbons (Fsp3) is 0.429. The average molecular weight is 276 g/mol. The van der Waals surface area contributed by atoms with Crippen LogP contribution in [0.3, 0.4) is 0 Å². The quantitative estimate of drug-likeness (QED) is 0.864. The number of thiophene rings is 1. The second-order valence-corrected chi connectivity index (χ2v) is 5.66. The van der Waals surface area contributed by atoms with Crippen LogP contribution in [0.15, 0.2) is 28.1 Å². The van der Waals surface area contributed by atoms with Crippen molar-refractivity contribution < 1.29 is 9.32 Å². The molecule has 0 spiro atoms. The standard InChI is InChI=1S/C14H16N2O2S/c1-2-10-9-12(18-15-10)11-5-3-7-16(11)14(17)13-6-4-8-19-13/h4,6,8-9,11H,2-3,5,7H2,1H3/t11-/m1/s1. The first-order chi connectivity index (χ1) is 9.29. The SMILES string of the molecule is CCc1cc([C@H]2CCCN2C(=O)c2cccs2)on1. The number of rotatable bonds is 3. The lowest BCUT2D eigenvalue weighted by molar-refractivity contribution is 0.0719. The molecular formula is C14H16N2O2S. The van der Waals surface area contributed by atoms with E-state index in [1.165, 1.54) is 11.3 Å². The fourth-order valence-electron chi connectivity index (χ4n) is 2.50. The second-order valence-electron chi connectivity index (χ2n) is 4.71. The Bertz CT molecular complexity index is 562. The minimum absolute atomic E-state index is 0.0439. The first-order valence-electron chi connectivity index (χ1n) is 6.59. The minimum atomic E-state index is 0.0439. The van der Waals surface area contributed by atoms with Crippen LogP contribution in [-0.2, 0) is 6.42 Å². The minimum Gasteiger partial charge on any atom is -0.359 e. The van der Waals surface area contributed by atoms with Gasteiger partial charge < -0.3 is 9.42 Å². The maximum atomic E-state index is 12.4. The monoisotopic (exact) mass is 276 g/mol. The third kappa shape index (κ3) is 2.30. The van der Waals surface area contributed by atoms with Crippen molar-refractivity contribution in [1.29, 1.82) is 0 Å². The van der Waals surface area contributed by atoms with Crippen LogP contribution in [0.5, 0.6) is 0 Å². The highest BCUT2D eigenvalue weighted by Gasteiger charge is 2.33. The molecule has 3 rings (SSSR count). The third-order valence-electron chi connectivity index (χ3n) is 3.51. The zero-order valence-corrected chi connectivity index (χ0v) is 11.7. The summed E-state index contributed by atoms with van der Waals surface area (Å²) in [5.74, 6) is 0.922. The summed E-state index contributed by atoms with van der Waals surface area (Å²) in [4.78, 5) is 15.1. The van der Waals surface area contributed by atoms with E-state index in [1.54, 1.807) is 0 Å². The van der Waals surface area contributed by atoms with E-state index in [2.05, 4.69) is 5.16 Å². The van der Waals surface area contributed by atoms with Crippen molar-refractivity contribution in [1.82, 2.24) is 10.1 Å². The molecular weight excluding hydrogens is 260 g/mol. The average Bonchev–Trinajstić information content (AvgIpc) is 3.16. The summed E-state index contributed by atoms with van der Waals surface area (Å²) < 4.78 is 5.40. The molecule has 1 fully saturated rings. The summed E-state index contributed by atoms with van der Waals surface area (Å²) >= 11 is 1.49. The van der Waals surface area contributed by atoms with Gasteiger partial charge in [-0.2, -0.15) is 0 Å². The Morgan fingerprint density at radius 2 is 2.53 bits per heavy atom. The highest BCUT2D eigenvalue weighted by atomic mass is 32.1. The predicted octanol–water partition coefficient (Wildman–Crippen LogP) is 3.28. The maximum absolute atomic E-state index is 12.4. The fourth-order valence-corrected chi connectivity index (χ4v) is 3.18. The lowest BCUT2D eigenvalue weighted by atomic mass is 10.1. The summed E-state index contributed by atoms with van der Waals surface area (Å²) in [6.45, 7) is 2.84. The molecule has 3 heterocycles. The molecule has 2 aromatic heterocycles. The van der Waals surface area contributed by atoms with Crippen molar-refractivity contribution in [2.75, 3.05) is 6.54 Å². The number of carbonyl (C=O) groups excluding carboxylic acids is 1. The Kier molecular flexibility index (Phi) is 3.38. The van der Waals surface area contributed by atoms with Crippen molar-refractivity contribution in [2.24, 2.45) is 0 Å². The van der Waals surface area contributed by atoms with Crippen LogP contribution >= 0.6 is 11.3 Å². The van der Waals surface area contributed by atoms with Crippen LogP contribution in [0.25, 0.3) is 0 Å². The molecule has 1 amide bonds. The number of amides is 1. The number of hydrogen-bond acceptors (Lipinski definition) is 4. The van der Waals surface area contributed by atoms with E-state index in [4.69, 9.17) is 4.52 Å². The first-order valence-corrected chi connectivity index (χ1v) is 7.47. The van der Waals surface area contributed by atoms with Gasteiger partial charge in [-0.3, -0.25) is 4.79 Å². The van der Waals surface area contributed by atoms with Crippen molar-refractivity contribution in [3.05, 3.63) is 39.9 Å². The maximum Gasteiger partial charge on any atom is 0.264 e. The van der Waals surface area contributed by atoms with Gasteiger partial charge in [0, 0.05) is 12.6 Å². The molecule has 1 aliphatic heterocycles. The van der Waals surface area contributed by atoms with E-state index in [0.717, 1.165) is 42.1 Å². The van der Waals surface area contributed by atoms with Gasteiger partial charge in [0.25, 0.3) is 5.91 Å². The summed E-state index contributed by atoms with van der Waals surface area (Å²) in [5.41, 5.74) is 0.949. The van der Waals surface area contributed by atoms with Crippen LogP contribution in [0.4, 0.5) is 0 Å². The molecule has 5 heteroatoms. The Morgan fingerprint density at radius 3 is 3.21 bits per heavy atom. The molecule has 1 atom stereocenters. The van der Waals surface area contributed by atoms with Crippen molar-refractivity contribution in [3.63, 3.8) is 0 Å². The zero-order valence-electron chi connectivity index (χ0n) is 10.8. The molecule has 4 nitrogen and oxygen atoms in total. The molecule has 1 aliphatic rings. The Morgan fingerprint density at radius 1 is 1.63 bits per heavy atom. The van der Waals surface area contributed by atoms with E-state index in [0.29, 0.717) is 0 Å². The predicted molar refractivity (Wildman–Crippen MR) is 73.2 cm³/mol. The lowest BCUT2D eigenvalue weighted by Crippen LogP contribution is -2.29.